The number of hydrogen-bond acceptors (Lipinski definition) is 6. The third kappa shape index (κ3) is 3.75. The molecule has 27 heavy (non-hydrogen) atoms. The number of carbonyl (C=O) groups excluding carboxylic acids is 1. The van der Waals surface area contributed by atoms with E-state index < -0.39 is 0 Å². The lowest BCUT2D eigenvalue weighted by molar-refractivity contribution is 0.0780. The molecule has 1 amide bonds. The number of thiophene rings is 1. The maximum absolute atomic E-state index is 12.6. The molecular weight excluding hydrogens is 366 g/mol. The number of aromatic amines is 1. The predicted octanol–water partition coefficient (Wildman–Crippen LogP) is 3.36. The van der Waals surface area contributed by atoms with Gasteiger partial charge in [0.25, 0.3) is 5.91 Å². The molecule has 0 bridgehead atoms. The van der Waals surface area contributed by atoms with E-state index in [4.69, 9.17) is 14.2 Å². The van der Waals surface area contributed by atoms with Crippen LogP contribution >= 0.6 is 11.3 Å². The molecule has 3 aromatic rings. The quantitative estimate of drug-likeness (QED) is 0.704. The number of nitrogens with one attached hydrogen (secondary N) is 1. The monoisotopic (exact) mass is 385 g/mol. The molecule has 0 radical (unpaired) electrons. The van der Waals surface area contributed by atoms with Gasteiger partial charge in [0.05, 0.1) is 12.2 Å². The van der Waals surface area contributed by atoms with Gasteiger partial charge in [-0.1, -0.05) is 0 Å². The van der Waals surface area contributed by atoms with Gasteiger partial charge in [-0.2, -0.15) is 5.10 Å². The topological polar surface area (TPSA) is 76.7 Å². The van der Waals surface area contributed by atoms with Gasteiger partial charge in [-0.05, 0) is 42.1 Å². The summed E-state index contributed by atoms with van der Waals surface area (Å²) in [7, 11) is 1.78. The van der Waals surface area contributed by atoms with Gasteiger partial charge in [-0.3, -0.25) is 9.89 Å². The van der Waals surface area contributed by atoms with E-state index >= 15 is 0 Å². The van der Waals surface area contributed by atoms with E-state index in [-0.39, 0.29) is 19.3 Å². The molecule has 1 N–H and O–H groups in total. The first-order valence-electron chi connectivity index (χ1n) is 8.45. The minimum atomic E-state index is -0.131. The fourth-order valence-electron chi connectivity index (χ4n) is 2.72. The highest BCUT2D eigenvalue weighted by Crippen LogP contribution is 2.35. The maximum atomic E-state index is 12.6. The third-order valence-electron chi connectivity index (χ3n) is 4.28. The molecule has 4 rings (SSSR count). The largest absolute Gasteiger partial charge is 0.487 e. The van der Waals surface area contributed by atoms with Crippen LogP contribution in [0.25, 0.3) is 0 Å². The number of aryl methyl sites for hydroxylation is 1. The number of rotatable bonds is 6. The first kappa shape index (κ1) is 17.4. The first-order valence-corrected chi connectivity index (χ1v) is 9.33. The normalized spacial score (nSPS) is 12.2. The standard InChI is InChI=1S/C19H19N3O4S/c1-12-5-6-27-18(12)9-22(2)19(23)15-7-13(20-21-15)10-24-14-3-4-16-17(8-14)26-11-25-16/h3-8H,9-11H2,1-2H3,(H,20,21). The Labute approximate surface area is 160 Å². The molecule has 140 valence electrons. The van der Waals surface area contributed by atoms with Crippen LogP contribution in [0.5, 0.6) is 17.2 Å². The summed E-state index contributed by atoms with van der Waals surface area (Å²) in [5.74, 6) is 1.90. The zero-order chi connectivity index (χ0) is 18.8. The SMILES string of the molecule is Cc1ccsc1CN(C)C(=O)c1cc(COc2ccc3c(c2)OCO3)[nH]n1. The molecule has 2 aromatic heterocycles. The lowest BCUT2D eigenvalue weighted by Gasteiger charge is -2.15. The van der Waals surface area contributed by atoms with E-state index in [9.17, 15) is 4.79 Å². The Morgan fingerprint density at radius 2 is 2.15 bits per heavy atom. The summed E-state index contributed by atoms with van der Waals surface area (Å²) in [6, 6.07) is 9.17. The van der Waals surface area contributed by atoms with Gasteiger partial charge in [0.1, 0.15) is 12.4 Å². The lowest BCUT2D eigenvalue weighted by atomic mass is 10.2. The van der Waals surface area contributed by atoms with Gasteiger partial charge in [-0.25, -0.2) is 0 Å². The third-order valence-corrected chi connectivity index (χ3v) is 5.29. The molecule has 0 unspecified atom stereocenters. The van der Waals surface area contributed by atoms with E-state index in [0.717, 1.165) is 5.69 Å². The highest BCUT2D eigenvalue weighted by molar-refractivity contribution is 7.10. The van der Waals surface area contributed by atoms with Crippen molar-refractivity contribution < 1.29 is 19.0 Å². The Balaban J connectivity index is 1.36. The van der Waals surface area contributed by atoms with Crippen molar-refractivity contribution >= 4 is 17.2 Å². The summed E-state index contributed by atoms with van der Waals surface area (Å²) in [6.45, 7) is 3.11. The van der Waals surface area contributed by atoms with Crippen LogP contribution in [-0.4, -0.2) is 34.8 Å². The fourth-order valence-corrected chi connectivity index (χ4v) is 3.68. The smallest absolute Gasteiger partial charge is 0.274 e. The van der Waals surface area contributed by atoms with E-state index in [0.29, 0.717) is 29.5 Å². The Morgan fingerprint density at radius 1 is 1.30 bits per heavy atom. The van der Waals surface area contributed by atoms with Crippen LogP contribution in [0.2, 0.25) is 0 Å². The second-order valence-corrected chi connectivity index (χ2v) is 7.27. The molecule has 1 aliphatic rings. The lowest BCUT2D eigenvalue weighted by Crippen LogP contribution is -2.26. The van der Waals surface area contributed by atoms with Crippen LogP contribution in [-0.2, 0) is 13.2 Å². The highest BCUT2D eigenvalue weighted by atomic mass is 32.1. The number of H-pyrrole nitrogens is 1. The number of carbonyl (C=O) groups is 1. The van der Waals surface area contributed by atoms with Gasteiger partial charge < -0.3 is 19.1 Å². The molecule has 1 aromatic carbocycles. The average molecular weight is 385 g/mol. The van der Waals surface area contributed by atoms with Gasteiger partial charge in [-0.15, -0.1) is 11.3 Å². The Hall–Kier alpha value is -3.00. The molecule has 0 aliphatic carbocycles. The number of fused-ring (bicyclic) bond motifs is 1. The zero-order valence-electron chi connectivity index (χ0n) is 15.0. The summed E-state index contributed by atoms with van der Waals surface area (Å²) in [6.07, 6.45) is 0. The van der Waals surface area contributed by atoms with Crippen molar-refractivity contribution in [1.29, 1.82) is 0 Å². The molecule has 0 atom stereocenters. The number of amides is 1. The molecule has 3 heterocycles. The fraction of sp³-hybridized carbons (Fsp3) is 0.263. The van der Waals surface area contributed by atoms with Crippen LogP contribution in [0.1, 0.15) is 26.6 Å². The van der Waals surface area contributed by atoms with Crippen molar-refractivity contribution in [3.63, 3.8) is 0 Å². The predicted molar refractivity (Wildman–Crippen MR) is 100 cm³/mol. The van der Waals surface area contributed by atoms with E-state index in [1.165, 1.54) is 10.4 Å². The van der Waals surface area contributed by atoms with E-state index in [1.807, 2.05) is 18.4 Å². The number of aromatic nitrogens is 2. The number of benzene rings is 1. The minimum Gasteiger partial charge on any atom is -0.487 e. The maximum Gasteiger partial charge on any atom is 0.274 e. The van der Waals surface area contributed by atoms with Crippen LogP contribution in [0.4, 0.5) is 0 Å². The van der Waals surface area contributed by atoms with Crippen molar-refractivity contribution in [2.45, 2.75) is 20.1 Å². The van der Waals surface area contributed by atoms with Crippen molar-refractivity contribution in [3.05, 3.63) is 57.5 Å². The zero-order valence-corrected chi connectivity index (χ0v) is 15.8. The number of ether oxygens (including phenoxy) is 3. The van der Waals surface area contributed by atoms with E-state index in [1.54, 1.807) is 41.5 Å². The van der Waals surface area contributed by atoms with Gasteiger partial charge in [0, 0.05) is 18.0 Å². The molecule has 7 nitrogen and oxygen atoms in total. The minimum absolute atomic E-state index is 0.131. The van der Waals surface area contributed by atoms with Crippen molar-refractivity contribution in [3.8, 4) is 17.2 Å². The van der Waals surface area contributed by atoms with E-state index in [2.05, 4.69) is 16.3 Å². The van der Waals surface area contributed by atoms with Crippen molar-refractivity contribution in [2.75, 3.05) is 13.8 Å². The average Bonchev–Trinajstić information content (AvgIpc) is 3.40. The molecule has 0 fully saturated rings. The van der Waals surface area contributed by atoms with Crippen molar-refractivity contribution in [1.82, 2.24) is 15.1 Å². The summed E-state index contributed by atoms with van der Waals surface area (Å²) in [4.78, 5) is 15.4. The van der Waals surface area contributed by atoms with Crippen molar-refractivity contribution in [2.24, 2.45) is 0 Å². The Kier molecular flexibility index (Phi) is 4.72. The summed E-state index contributed by atoms with van der Waals surface area (Å²) >= 11 is 1.65. The molecule has 0 saturated carbocycles. The first-order chi connectivity index (χ1) is 13.1. The van der Waals surface area contributed by atoms with Gasteiger partial charge in [0.2, 0.25) is 6.79 Å². The molecule has 1 aliphatic heterocycles. The highest BCUT2D eigenvalue weighted by Gasteiger charge is 2.18. The van der Waals surface area contributed by atoms with Gasteiger partial charge in [0.15, 0.2) is 17.2 Å². The van der Waals surface area contributed by atoms with Gasteiger partial charge >= 0.3 is 0 Å². The number of hydrogen-bond donors (Lipinski definition) is 1. The summed E-state index contributed by atoms with van der Waals surface area (Å²) in [5, 5.41) is 9.01. The van der Waals surface area contributed by atoms with Crippen LogP contribution in [0.15, 0.2) is 35.7 Å². The molecule has 0 saturated heterocycles. The second kappa shape index (κ2) is 7.32. The Morgan fingerprint density at radius 3 is 2.96 bits per heavy atom. The molecule has 8 heteroatoms. The van der Waals surface area contributed by atoms with Crippen LogP contribution in [0.3, 0.4) is 0 Å². The van der Waals surface area contributed by atoms with Crippen LogP contribution in [0, 0.1) is 6.92 Å². The Bertz CT molecular complexity index is 966. The second-order valence-electron chi connectivity index (χ2n) is 6.27. The molecule has 0 spiro atoms. The summed E-state index contributed by atoms with van der Waals surface area (Å²) in [5.41, 5.74) is 2.28. The van der Waals surface area contributed by atoms with Crippen LogP contribution < -0.4 is 14.2 Å². The number of nitrogens with zero attached hydrogens (tertiary/aromatic N) is 2. The summed E-state index contributed by atoms with van der Waals surface area (Å²) < 4.78 is 16.4. The molecular formula is C19H19N3O4S.